The van der Waals surface area contributed by atoms with E-state index in [2.05, 4.69) is 33.0 Å². The van der Waals surface area contributed by atoms with Crippen molar-refractivity contribution in [1.29, 1.82) is 0 Å². The number of halogens is 1. The zero-order valence-electron chi connectivity index (χ0n) is 12.8. The van der Waals surface area contributed by atoms with Crippen LogP contribution in [0.4, 0.5) is 15.8 Å². The zero-order chi connectivity index (χ0) is 14.4. The minimum atomic E-state index is -0.160. The highest BCUT2D eigenvalue weighted by Crippen LogP contribution is 2.24. The molecule has 0 spiro atoms. The summed E-state index contributed by atoms with van der Waals surface area (Å²) in [4.78, 5) is 1.95. The van der Waals surface area contributed by atoms with Crippen molar-refractivity contribution in [2.24, 2.45) is 0 Å². The molecule has 108 valence electrons. The lowest BCUT2D eigenvalue weighted by Gasteiger charge is -2.25. The third-order valence-corrected chi connectivity index (χ3v) is 3.60. The first kappa shape index (κ1) is 15.8. The van der Waals surface area contributed by atoms with E-state index in [-0.39, 0.29) is 11.9 Å². The largest absolute Gasteiger partial charge is 0.382 e. The molecule has 0 aromatic heterocycles. The number of hydrogen-bond acceptors (Lipinski definition) is 2. The molecule has 0 heterocycles. The van der Waals surface area contributed by atoms with Crippen LogP contribution < -0.4 is 10.2 Å². The Balaban J connectivity index is 2.81. The second-order valence-electron chi connectivity index (χ2n) is 5.41. The second kappa shape index (κ2) is 7.37. The Bertz CT molecular complexity index is 390. The van der Waals surface area contributed by atoms with Crippen molar-refractivity contribution in [1.82, 2.24) is 0 Å². The van der Waals surface area contributed by atoms with Crippen LogP contribution in [0.3, 0.4) is 0 Å². The smallest absolute Gasteiger partial charge is 0.148 e. The molecule has 2 nitrogen and oxygen atoms in total. The van der Waals surface area contributed by atoms with E-state index in [9.17, 15) is 4.39 Å². The molecule has 0 aliphatic rings. The highest BCUT2D eigenvalue weighted by molar-refractivity contribution is 5.56. The maximum absolute atomic E-state index is 14.1. The maximum atomic E-state index is 14.1. The molecule has 0 saturated heterocycles. The third kappa shape index (κ3) is 4.41. The van der Waals surface area contributed by atoms with Crippen LogP contribution >= 0.6 is 0 Å². The van der Waals surface area contributed by atoms with E-state index in [1.54, 1.807) is 6.07 Å². The van der Waals surface area contributed by atoms with E-state index < -0.39 is 0 Å². The van der Waals surface area contributed by atoms with E-state index in [1.807, 2.05) is 24.1 Å². The first-order chi connectivity index (χ1) is 8.99. The number of nitrogens with zero attached hydrogens (tertiary/aromatic N) is 1. The molecule has 1 rings (SSSR count). The molecule has 0 saturated carbocycles. The summed E-state index contributed by atoms with van der Waals surface area (Å²) in [6.07, 6.45) is 3.32. The Labute approximate surface area is 117 Å². The Kier molecular flexibility index (Phi) is 6.13. The van der Waals surface area contributed by atoms with Crippen LogP contribution in [0.15, 0.2) is 18.2 Å². The van der Waals surface area contributed by atoms with Crippen LogP contribution in [-0.4, -0.2) is 19.1 Å². The Hall–Kier alpha value is -1.25. The van der Waals surface area contributed by atoms with E-state index in [4.69, 9.17) is 0 Å². The van der Waals surface area contributed by atoms with Crippen LogP contribution in [0.25, 0.3) is 0 Å². The molecular formula is C16H27FN2. The number of hydrogen-bond donors (Lipinski definition) is 1. The zero-order valence-corrected chi connectivity index (χ0v) is 12.8. The predicted octanol–water partition coefficient (Wildman–Crippen LogP) is 4.66. The van der Waals surface area contributed by atoms with Crippen molar-refractivity contribution in [3.05, 3.63) is 24.0 Å². The van der Waals surface area contributed by atoms with Gasteiger partial charge in [-0.2, -0.15) is 0 Å². The van der Waals surface area contributed by atoms with Gasteiger partial charge in [0.1, 0.15) is 5.82 Å². The van der Waals surface area contributed by atoms with Crippen LogP contribution in [0, 0.1) is 5.82 Å². The normalized spacial score (nSPS) is 12.6. The number of nitrogens with one attached hydrogen (secondary N) is 1. The fourth-order valence-corrected chi connectivity index (χ4v) is 2.12. The summed E-state index contributed by atoms with van der Waals surface area (Å²) in [6, 6.07) is 6.15. The molecule has 1 N–H and O–H groups in total. The summed E-state index contributed by atoms with van der Waals surface area (Å²) in [7, 11) is 1.92. The van der Waals surface area contributed by atoms with Gasteiger partial charge in [0.25, 0.3) is 0 Å². The number of anilines is 2. The monoisotopic (exact) mass is 266 g/mol. The van der Waals surface area contributed by atoms with Crippen LogP contribution in [0.1, 0.15) is 47.0 Å². The van der Waals surface area contributed by atoms with Gasteiger partial charge in [0, 0.05) is 24.8 Å². The average Bonchev–Trinajstić information content (AvgIpc) is 2.37. The van der Waals surface area contributed by atoms with Crippen molar-refractivity contribution in [3.8, 4) is 0 Å². The van der Waals surface area contributed by atoms with Gasteiger partial charge in [-0.15, -0.1) is 0 Å². The van der Waals surface area contributed by atoms with Gasteiger partial charge < -0.3 is 10.2 Å². The molecule has 1 atom stereocenters. The third-order valence-electron chi connectivity index (χ3n) is 3.60. The van der Waals surface area contributed by atoms with Crippen LogP contribution in [-0.2, 0) is 0 Å². The topological polar surface area (TPSA) is 15.3 Å². The minimum absolute atomic E-state index is 0.160. The van der Waals surface area contributed by atoms with E-state index in [0.717, 1.165) is 24.9 Å². The van der Waals surface area contributed by atoms with Crippen LogP contribution in [0.2, 0.25) is 0 Å². The molecule has 19 heavy (non-hydrogen) atoms. The molecule has 0 amide bonds. The average molecular weight is 266 g/mol. The lowest BCUT2D eigenvalue weighted by Crippen LogP contribution is -2.26. The molecule has 1 aromatic carbocycles. The van der Waals surface area contributed by atoms with Gasteiger partial charge in [-0.05, 0) is 44.9 Å². The summed E-state index contributed by atoms with van der Waals surface area (Å²) in [5, 5.41) is 3.41. The first-order valence-electron chi connectivity index (χ1n) is 7.28. The summed E-state index contributed by atoms with van der Waals surface area (Å²) in [6.45, 7) is 8.44. The fraction of sp³-hybridized carbons (Fsp3) is 0.625. The van der Waals surface area contributed by atoms with E-state index >= 15 is 0 Å². The molecule has 0 aliphatic carbocycles. The van der Waals surface area contributed by atoms with Gasteiger partial charge in [0.05, 0.1) is 5.69 Å². The SMILES string of the molecule is CCCC(CC)Nc1ccc(N(C)C(C)C)c(F)c1. The van der Waals surface area contributed by atoms with Gasteiger partial charge in [0.15, 0.2) is 0 Å². The molecule has 0 bridgehead atoms. The Morgan fingerprint density at radius 3 is 2.42 bits per heavy atom. The van der Waals surface area contributed by atoms with Crippen molar-refractivity contribution in [2.75, 3.05) is 17.3 Å². The first-order valence-corrected chi connectivity index (χ1v) is 7.28. The molecule has 0 radical (unpaired) electrons. The Morgan fingerprint density at radius 2 is 1.95 bits per heavy atom. The second-order valence-corrected chi connectivity index (χ2v) is 5.41. The lowest BCUT2D eigenvalue weighted by atomic mass is 10.1. The summed E-state index contributed by atoms with van der Waals surface area (Å²) < 4.78 is 14.1. The van der Waals surface area contributed by atoms with Crippen LogP contribution in [0.5, 0.6) is 0 Å². The van der Waals surface area contributed by atoms with Gasteiger partial charge in [-0.3, -0.25) is 0 Å². The highest BCUT2D eigenvalue weighted by Gasteiger charge is 2.12. The number of benzene rings is 1. The Morgan fingerprint density at radius 1 is 1.26 bits per heavy atom. The van der Waals surface area contributed by atoms with Crippen molar-refractivity contribution in [2.45, 2.75) is 59.0 Å². The minimum Gasteiger partial charge on any atom is -0.382 e. The fourth-order valence-electron chi connectivity index (χ4n) is 2.12. The van der Waals surface area contributed by atoms with E-state index in [1.165, 1.54) is 0 Å². The quantitative estimate of drug-likeness (QED) is 0.772. The van der Waals surface area contributed by atoms with Gasteiger partial charge in [-0.1, -0.05) is 20.3 Å². The maximum Gasteiger partial charge on any atom is 0.148 e. The van der Waals surface area contributed by atoms with E-state index in [0.29, 0.717) is 11.7 Å². The molecule has 0 aliphatic heterocycles. The highest BCUT2D eigenvalue weighted by atomic mass is 19.1. The van der Waals surface area contributed by atoms with Gasteiger partial charge >= 0.3 is 0 Å². The summed E-state index contributed by atoms with van der Waals surface area (Å²) >= 11 is 0. The lowest BCUT2D eigenvalue weighted by molar-refractivity contribution is 0.608. The van der Waals surface area contributed by atoms with Crippen molar-refractivity contribution < 1.29 is 4.39 Å². The molecular weight excluding hydrogens is 239 g/mol. The molecule has 0 fully saturated rings. The summed E-state index contributed by atoms with van der Waals surface area (Å²) in [5.74, 6) is -0.160. The predicted molar refractivity (Wildman–Crippen MR) is 82.5 cm³/mol. The summed E-state index contributed by atoms with van der Waals surface area (Å²) in [5.41, 5.74) is 1.53. The molecule has 3 heteroatoms. The standard InChI is InChI=1S/C16H27FN2/c1-6-8-13(7-2)18-14-9-10-16(15(17)11-14)19(5)12(3)4/h9-13,18H,6-8H2,1-5H3. The number of rotatable bonds is 7. The van der Waals surface area contributed by atoms with Gasteiger partial charge in [-0.25, -0.2) is 4.39 Å². The van der Waals surface area contributed by atoms with Crippen molar-refractivity contribution >= 4 is 11.4 Å². The van der Waals surface area contributed by atoms with Crippen molar-refractivity contribution in [3.63, 3.8) is 0 Å². The van der Waals surface area contributed by atoms with Gasteiger partial charge in [0.2, 0.25) is 0 Å². The molecule has 1 unspecified atom stereocenters. The molecule has 1 aromatic rings.